The third kappa shape index (κ3) is 2.76. The van der Waals surface area contributed by atoms with Crippen LogP contribution in [0, 0.1) is 7.40 Å². The van der Waals surface area contributed by atoms with Gasteiger partial charge in [-0.15, -0.1) is 0 Å². The van der Waals surface area contributed by atoms with Crippen LogP contribution in [0.15, 0.2) is 36.7 Å². The predicted octanol–water partition coefficient (Wildman–Crippen LogP) is 3.93. The van der Waals surface area contributed by atoms with Gasteiger partial charge in [-0.3, -0.25) is 4.79 Å². The number of rotatable bonds is 4. The molecule has 18 heavy (non-hydrogen) atoms. The molecule has 0 aliphatic rings. The first-order valence-corrected chi connectivity index (χ1v) is 7.78. The summed E-state index contributed by atoms with van der Waals surface area (Å²) in [6, 6.07) is 9.25. The van der Waals surface area contributed by atoms with Gasteiger partial charge in [-0.25, -0.2) is 4.98 Å². The molecule has 3 nitrogen and oxygen atoms in total. The summed E-state index contributed by atoms with van der Waals surface area (Å²) >= 11 is 4.41. The summed E-state index contributed by atoms with van der Waals surface area (Å²) in [7, 11) is 0. The number of benzene rings is 1. The molecule has 0 saturated heterocycles. The molecule has 94 valence electrons. The maximum absolute atomic E-state index is 12.5. The van der Waals surface area contributed by atoms with E-state index in [2.05, 4.69) is 50.2 Å². The summed E-state index contributed by atoms with van der Waals surface area (Å²) in [6.07, 6.45) is 2.51. The maximum atomic E-state index is 12.5. The molecule has 0 aliphatic carbocycles. The van der Waals surface area contributed by atoms with E-state index in [1.54, 1.807) is 6.33 Å². The van der Waals surface area contributed by atoms with Crippen LogP contribution in [-0.4, -0.2) is 15.3 Å². The third-order valence-electron chi connectivity index (χ3n) is 2.78. The quantitative estimate of drug-likeness (QED) is 0.506. The Kier molecular flexibility index (Phi) is 4.77. The van der Waals surface area contributed by atoms with Crippen LogP contribution in [0.25, 0.3) is 0 Å². The molecular formula is C13H12I2N2O. The third-order valence-corrected chi connectivity index (χ3v) is 5.67. The van der Waals surface area contributed by atoms with E-state index < -0.39 is 0 Å². The second-order valence-corrected chi connectivity index (χ2v) is 5.93. The molecule has 0 amide bonds. The van der Waals surface area contributed by atoms with Gasteiger partial charge in [-0.1, -0.05) is 37.3 Å². The Morgan fingerprint density at radius 2 is 2.00 bits per heavy atom. The molecule has 0 bridgehead atoms. The van der Waals surface area contributed by atoms with E-state index in [-0.39, 0.29) is 11.8 Å². The lowest BCUT2D eigenvalue weighted by Gasteiger charge is -2.16. The van der Waals surface area contributed by atoms with Crippen molar-refractivity contribution in [2.45, 2.75) is 19.4 Å². The number of carbonyl (C=O) groups is 1. The van der Waals surface area contributed by atoms with Crippen molar-refractivity contribution < 1.29 is 4.79 Å². The van der Waals surface area contributed by atoms with Gasteiger partial charge >= 0.3 is 0 Å². The summed E-state index contributed by atoms with van der Waals surface area (Å²) in [4.78, 5) is 16.7. The lowest BCUT2D eigenvalue weighted by Crippen LogP contribution is -2.19. The molecule has 5 heteroatoms. The fourth-order valence-corrected chi connectivity index (χ4v) is 2.85. The van der Waals surface area contributed by atoms with Crippen LogP contribution in [0.3, 0.4) is 0 Å². The van der Waals surface area contributed by atoms with E-state index in [1.807, 2.05) is 41.8 Å². The minimum absolute atomic E-state index is 0.143. The van der Waals surface area contributed by atoms with Crippen molar-refractivity contribution in [3.05, 3.63) is 49.6 Å². The van der Waals surface area contributed by atoms with Crippen molar-refractivity contribution in [3.8, 4) is 0 Å². The van der Waals surface area contributed by atoms with Gasteiger partial charge in [0.2, 0.25) is 0 Å². The Morgan fingerprint density at radius 3 is 2.50 bits per heavy atom. The second kappa shape index (κ2) is 6.14. The summed E-state index contributed by atoms with van der Waals surface area (Å²) in [5, 5.41) is 0. The lowest BCUT2D eigenvalue weighted by molar-refractivity contribution is 0.0920. The zero-order chi connectivity index (χ0) is 13.1. The highest BCUT2D eigenvalue weighted by molar-refractivity contribution is 14.1. The molecule has 2 rings (SSSR count). The van der Waals surface area contributed by atoms with Gasteiger partial charge < -0.3 is 4.57 Å². The maximum Gasteiger partial charge on any atom is 0.185 e. The minimum Gasteiger partial charge on any atom is -0.314 e. The van der Waals surface area contributed by atoms with Crippen LogP contribution in [0.2, 0.25) is 0 Å². The van der Waals surface area contributed by atoms with Crippen LogP contribution in [0.1, 0.15) is 29.7 Å². The van der Waals surface area contributed by atoms with Crippen molar-refractivity contribution in [1.82, 2.24) is 9.55 Å². The molecular weight excluding hydrogens is 454 g/mol. The smallest absolute Gasteiger partial charge is 0.185 e. The monoisotopic (exact) mass is 466 g/mol. The molecule has 0 N–H and O–H groups in total. The van der Waals surface area contributed by atoms with Gasteiger partial charge in [-0.2, -0.15) is 0 Å². The molecule has 1 unspecified atom stereocenters. The SMILES string of the molecule is CCC(C(=O)c1ccccc1)n1cnc(I)c1I. The minimum atomic E-state index is -0.171. The summed E-state index contributed by atoms with van der Waals surface area (Å²) in [5.74, 6) is 0.143. The molecule has 2 aromatic rings. The van der Waals surface area contributed by atoms with Gasteiger partial charge in [0.05, 0.1) is 12.4 Å². The van der Waals surface area contributed by atoms with Crippen LogP contribution >= 0.6 is 45.2 Å². The Morgan fingerprint density at radius 1 is 1.33 bits per heavy atom. The van der Waals surface area contributed by atoms with E-state index in [0.29, 0.717) is 0 Å². The fraction of sp³-hybridized carbons (Fsp3) is 0.231. The Hall–Kier alpha value is -0.440. The number of Topliss-reactive ketones (excluding diaryl/α,β-unsaturated/α-hetero) is 1. The summed E-state index contributed by atoms with van der Waals surface area (Å²) in [5.41, 5.74) is 0.754. The Balaban J connectivity index is 2.35. The zero-order valence-electron chi connectivity index (χ0n) is 9.81. The average molecular weight is 466 g/mol. The van der Waals surface area contributed by atoms with Crippen LogP contribution in [0.5, 0.6) is 0 Å². The topological polar surface area (TPSA) is 34.9 Å². The van der Waals surface area contributed by atoms with Crippen molar-refractivity contribution in [1.29, 1.82) is 0 Å². The van der Waals surface area contributed by atoms with Crippen molar-refractivity contribution in [2.75, 3.05) is 0 Å². The second-order valence-electron chi connectivity index (χ2n) is 3.89. The van der Waals surface area contributed by atoms with Crippen LogP contribution in [0.4, 0.5) is 0 Å². The Labute approximate surface area is 133 Å². The first kappa shape index (κ1) is 14.0. The molecule has 0 fully saturated rings. The first-order valence-electron chi connectivity index (χ1n) is 5.62. The number of ketones is 1. The van der Waals surface area contributed by atoms with E-state index >= 15 is 0 Å². The number of aromatic nitrogens is 2. The largest absolute Gasteiger partial charge is 0.314 e. The van der Waals surface area contributed by atoms with Gasteiger partial charge in [0.25, 0.3) is 0 Å². The van der Waals surface area contributed by atoms with E-state index in [1.165, 1.54) is 0 Å². The highest BCUT2D eigenvalue weighted by Crippen LogP contribution is 2.23. The number of hydrogen-bond acceptors (Lipinski definition) is 2. The van der Waals surface area contributed by atoms with Gasteiger partial charge in [0, 0.05) is 5.56 Å². The van der Waals surface area contributed by atoms with Crippen LogP contribution in [-0.2, 0) is 0 Å². The molecule has 1 heterocycles. The Bertz CT molecular complexity index is 551. The number of carbonyl (C=O) groups excluding carboxylic acids is 1. The molecule has 0 aliphatic heterocycles. The standard InChI is InChI=1S/C13H12I2N2O/c1-2-10(17-8-16-12(14)13(17)15)11(18)9-6-4-3-5-7-9/h3-8,10H,2H2,1H3. The number of nitrogens with zero attached hydrogens (tertiary/aromatic N) is 2. The highest BCUT2D eigenvalue weighted by Gasteiger charge is 2.22. The molecule has 0 saturated carbocycles. The summed E-state index contributed by atoms with van der Waals surface area (Å²) in [6.45, 7) is 2.02. The number of hydrogen-bond donors (Lipinski definition) is 0. The molecule has 1 atom stereocenters. The molecule has 1 aromatic carbocycles. The number of halogens is 2. The van der Waals surface area contributed by atoms with Gasteiger partial charge in [0.1, 0.15) is 7.40 Å². The number of imidazole rings is 1. The van der Waals surface area contributed by atoms with E-state index in [0.717, 1.165) is 19.4 Å². The van der Waals surface area contributed by atoms with Gasteiger partial charge in [0.15, 0.2) is 5.78 Å². The van der Waals surface area contributed by atoms with E-state index in [9.17, 15) is 4.79 Å². The van der Waals surface area contributed by atoms with Crippen molar-refractivity contribution in [2.24, 2.45) is 0 Å². The predicted molar refractivity (Wildman–Crippen MR) is 87.8 cm³/mol. The van der Waals surface area contributed by atoms with E-state index in [4.69, 9.17) is 0 Å². The van der Waals surface area contributed by atoms with Crippen LogP contribution < -0.4 is 0 Å². The molecule has 1 aromatic heterocycles. The van der Waals surface area contributed by atoms with Crippen molar-refractivity contribution >= 4 is 51.0 Å². The molecule has 0 spiro atoms. The highest BCUT2D eigenvalue weighted by atomic mass is 127. The lowest BCUT2D eigenvalue weighted by atomic mass is 10.0. The average Bonchev–Trinajstić information content (AvgIpc) is 2.73. The normalized spacial score (nSPS) is 12.4. The van der Waals surface area contributed by atoms with Gasteiger partial charge in [-0.05, 0) is 51.6 Å². The van der Waals surface area contributed by atoms with Crippen molar-refractivity contribution in [3.63, 3.8) is 0 Å². The fourth-order valence-electron chi connectivity index (χ4n) is 1.84. The summed E-state index contributed by atoms with van der Waals surface area (Å²) < 4.78 is 3.91. The molecule has 0 radical (unpaired) electrons. The zero-order valence-corrected chi connectivity index (χ0v) is 14.1. The first-order chi connectivity index (χ1) is 8.65.